The number of hydrogen-bond acceptors (Lipinski definition) is 6. The van der Waals surface area contributed by atoms with Crippen LogP contribution in [0.5, 0.6) is 11.5 Å². The van der Waals surface area contributed by atoms with Crippen LogP contribution >= 0.6 is 0 Å². The number of benzene rings is 2. The Balaban J connectivity index is 1.47. The lowest BCUT2D eigenvalue weighted by Crippen LogP contribution is -2.36. The second-order valence-electron chi connectivity index (χ2n) is 9.23. The fourth-order valence-corrected chi connectivity index (χ4v) is 6.60. The number of nitrogens with zero attached hydrogens (tertiary/aromatic N) is 3. The summed E-state index contributed by atoms with van der Waals surface area (Å²) in [4.78, 5) is 15.3. The third-order valence-electron chi connectivity index (χ3n) is 6.86. The summed E-state index contributed by atoms with van der Waals surface area (Å²) in [6.45, 7) is 3.02. The molecule has 0 saturated carbocycles. The summed E-state index contributed by atoms with van der Waals surface area (Å²) in [6, 6.07) is 13.4. The number of aromatic nitrogens is 2. The maximum Gasteiger partial charge on any atom is 0.274 e. The predicted octanol–water partition coefficient (Wildman–Crippen LogP) is 3.43. The largest absolute Gasteiger partial charge is 0.493 e. The van der Waals surface area contributed by atoms with Crippen LogP contribution in [0.15, 0.2) is 42.5 Å². The average molecular weight is 496 g/mol. The van der Waals surface area contributed by atoms with E-state index >= 15 is 0 Å². The van der Waals surface area contributed by atoms with Crippen molar-refractivity contribution in [1.82, 2.24) is 14.7 Å². The van der Waals surface area contributed by atoms with Gasteiger partial charge in [0.25, 0.3) is 5.91 Å². The number of fused-ring (bicyclic) bond motifs is 1. The summed E-state index contributed by atoms with van der Waals surface area (Å²) in [6.07, 6.45) is 1.20. The molecule has 1 amide bonds. The summed E-state index contributed by atoms with van der Waals surface area (Å²) in [5, 5.41) is 4.67. The van der Waals surface area contributed by atoms with Crippen molar-refractivity contribution in [2.24, 2.45) is 0 Å². The van der Waals surface area contributed by atoms with Gasteiger partial charge in [0, 0.05) is 13.1 Å². The molecule has 0 radical (unpaired) electrons. The van der Waals surface area contributed by atoms with Crippen LogP contribution in [0.2, 0.25) is 0 Å². The van der Waals surface area contributed by atoms with Crippen LogP contribution in [0.3, 0.4) is 0 Å². The first-order valence-electron chi connectivity index (χ1n) is 11.7. The second-order valence-corrected chi connectivity index (χ2v) is 11.5. The molecule has 2 aliphatic rings. The Kier molecular flexibility index (Phi) is 6.04. The standard InChI is InChI=1S/C26H29N3O5S/c1-17-4-6-18(7-5-17)23-14-22(27-29(23)21-9-11-35(31,32)16-21)26(30)28-10-8-19-12-24(33-2)25(34-3)13-20(19)15-28/h4-7,12-14,21H,8-11,15-16H2,1-3H3. The van der Waals surface area contributed by atoms with Crippen LogP contribution in [-0.2, 0) is 22.8 Å². The van der Waals surface area contributed by atoms with Crippen molar-refractivity contribution < 1.29 is 22.7 Å². The molecule has 1 aromatic heterocycles. The summed E-state index contributed by atoms with van der Waals surface area (Å²) < 4.78 is 36.9. The van der Waals surface area contributed by atoms with Crippen LogP contribution in [0, 0.1) is 6.92 Å². The maximum absolute atomic E-state index is 13.6. The van der Waals surface area contributed by atoms with Crippen LogP contribution in [0.1, 0.15) is 39.6 Å². The zero-order chi connectivity index (χ0) is 24.7. The molecule has 1 atom stereocenters. The Hall–Kier alpha value is -3.33. The number of methoxy groups -OCH3 is 2. The summed E-state index contributed by atoms with van der Waals surface area (Å²) in [5.41, 5.74) is 5.27. The van der Waals surface area contributed by atoms with Gasteiger partial charge in [-0.2, -0.15) is 5.10 Å². The van der Waals surface area contributed by atoms with Gasteiger partial charge in [-0.05, 0) is 54.7 Å². The third kappa shape index (κ3) is 4.52. The quantitative estimate of drug-likeness (QED) is 0.539. The normalized spacial score (nSPS) is 18.8. The highest BCUT2D eigenvalue weighted by molar-refractivity contribution is 7.91. The molecule has 35 heavy (non-hydrogen) atoms. The fourth-order valence-electron chi connectivity index (χ4n) is 4.90. The fraction of sp³-hybridized carbons (Fsp3) is 0.385. The van der Waals surface area contributed by atoms with Gasteiger partial charge in [0.1, 0.15) is 0 Å². The number of ether oxygens (including phenoxy) is 2. The van der Waals surface area contributed by atoms with E-state index in [1.807, 2.05) is 43.3 Å². The predicted molar refractivity (Wildman–Crippen MR) is 133 cm³/mol. The number of aryl methyl sites for hydroxylation is 1. The lowest BCUT2D eigenvalue weighted by molar-refractivity contribution is 0.0727. The highest BCUT2D eigenvalue weighted by Gasteiger charge is 2.33. The molecule has 1 fully saturated rings. The Labute approximate surface area is 205 Å². The molecule has 3 aromatic rings. The van der Waals surface area contributed by atoms with Gasteiger partial charge in [-0.3, -0.25) is 9.48 Å². The number of hydrogen-bond donors (Lipinski definition) is 0. The lowest BCUT2D eigenvalue weighted by atomic mass is 9.98. The van der Waals surface area contributed by atoms with Crippen molar-refractivity contribution in [1.29, 1.82) is 0 Å². The zero-order valence-corrected chi connectivity index (χ0v) is 21.0. The van der Waals surface area contributed by atoms with Crippen molar-refractivity contribution in [2.75, 3.05) is 32.3 Å². The number of sulfone groups is 1. The van der Waals surface area contributed by atoms with E-state index in [2.05, 4.69) is 5.10 Å². The van der Waals surface area contributed by atoms with Gasteiger partial charge in [-0.15, -0.1) is 0 Å². The molecule has 0 bridgehead atoms. The molecule has 8 nitrogen and oxygen atoms in total. The van der Waals surface area contributed by atoms with Gasteiger partial charge in [0.15, 0.2) is 27.0 Å². The minimum atomic E-state index is -3.10. The van der Waals surface area contributed by atoms with E-state index in [9.17, 15) is 13.2 Å². The summed E-state index contributed by atoms with van der Waals surface area (Å²) in [7, 11) is 0.102. The van der Waals surface area contributed by atoms with E-state index < -0.39 is 9.84 Å². The first-order valence-corrected chi connectivity index (χ1v) is 13.5. The van der Waals surface area contributed by atoms with E-state index in [0.29, 0.717) is 43.1 Å². The van der Waals surface area contributed by atoms with Gasteiger partial charge < -0.3 is 14.4 Å². The SMILES string of the molecule is COc1cc2c(cc1OC)CN(C(=O)c1cc(-c3ccc(C)cc3)n(C3CCS(=O)(=O)C3)n1)CC2. The summed E-state index contributed by atoms with van der Waals surface area (Å²) in [5.74, 6) is 1.33. The topological polar surface area (TPSA) is 90.7 Å². The lowest BCUT2D eigenvalue weighted by Gasteiger charge is -2.29. The number of amides is 1. The molecule has 184 valence electrons. The molecular weight excluding hydrogens is 466 g/mol. The van der Waals surface area contributed by atoms with E-state index in [1.54, 1.807) is 29.9 Å². The molecule has 1 unspecified atom stereocenters. The van der Waals surface area contributed by atoms with Crippen LogP contribution in [0.25, 0.3) is 11.3 Å². The second kappa shape index (κ2) is 9.03. The Morgan fingerprint density at radius 2 is 1.71 bits per heavy atom. The Morgan fingerprint density at radius 3 is 2.34 bits per heavy atom. The Morgan fingerprint density at radius 1 is 1.03 bits per heavy atom. The molecule has 3 heterocycles. The van der Waals surface area contributed by atoms with Crippen molar-refractivity contribution in [3.8, 4) is 22.8 Å². The smallest absolute Gasteiger partial charge is 0.274 e. The number of carbonyl (C=O) groups excluding carboxylic acids is 1. The molecule has 2 aromatic carbocycles. The van der Waals surface area contributed by atoms with Crippen LogP contribution < -0.4 is 9.47 Å². The van der Waals surface area contributed by atoms with Gasteiger partial charge in [-0.1, -0.05) is 29.8 Å². The van der Waals surface area contributed by atoms with Gasteiger partial charge in [-0.25, -0.2) is 8.42 Å². The van der Waals surface area contributed by atoms with Crippen molar-refractivity contribution in [2.45, 2.75) is 32.4 Å². The van der Waals surface area contributed by atoms with Crippen molar-refractivity contribution in [3.63, 3.8) is 0 Å². The van der Waals surface area contributed by atoms with Crippen molar-refractivity contribution >= 4 is 15.7 Å². The maximum atomic E-state index is 13.6. The zero-order valence-electron chi connectivity index (χ0n) is 20.2. The monoisotopic (exact) mass is 495 g/mol. The highest BCUT2D eigenvalue weighted by Crippen LogP contribution is 2.34. The summed E-state index contributed by atoms with van der Waals surface area (Å²) >= 11 is 0. The first kappa shape index (κ1) is 23.4. The first-order chi connectivity index (χ1) is 16.8. The molecule has 2 aliphatic heterocycles. The van der Waals surface area contributed by atoms with E-state index in [-0.39, 0.29) is 23.5 Å². The number of rotatable bonds is 5. The third-order valence-corrected chi connectivity index (χ3v) is 8.61. The van der Waals surface area contributed by atoms with Crippen molar-refractivity contribution in [3.05, 3.63) is 64.8 Å². The Bertz CT molecular complexity index is 1380. The van der Waals surface area contributed by atoms with Crippen LogP contribution in [-0.4, -0.2) is 61.3 Å². The van der Waals surface area contributed by atoms with Gasteiger partial charge in [0.2, 0.25) is 0 Å². The molecular formula is C26H29N3O5S. The van der Waals surface area contributed by atoms with E-state index in [4.69, 9.17) is 9.47 Å². The number of carbonyl (C=O) groups is 1. The molecule has 0 N–H and O–H groups in total. The van der Waals surface area contributed by atoms with Gasteiger partial charge in [0.05, 0.1) is 37.5 Å². The average Bonchev–Trinajstić information content (AvgIpc) is 3.46. The highest BCUT2D eigenvalue weighted by atomic mass is 32.2. The van der Waals surface area contributed by atoms with Crippen LogP contribution in [0.4, 0.5) is 0 Å². The molecule has 1 saturated heterocycles. The van der Waals surface area contributed by atoms with Gasteiger partial charge >= 0.3 is 0 Å². The van der Waals surface area contributed by atoms with E-state index in [1.165, 1.54) is 0 Å². The molecule has 0 spiro atoms. The minimum absolute atomic E-state index is 0.0416. The minimum Gasteiger partial charge on any atom is -0.493 e. The molecule has 5 rings (SSSR count). The molecule has 9 heteroatoms. The van der Waals surface area contributed by atoms with E-state index in [0.717, 1.165) is 27.9 Å². The molecule has 0 aliphatic carbocycles.